The van der Waals surface area contributed by atoms with Crippen LogP contribution in [0.1, 0.15) is 15.2 Å². The first-order valence-corrected chi connectivity index (χ1v) is 8.86. The zero-order valence-electron chi connectivity index (χ0n) is 13.3. The zero-order valence-corrected chi connectivity index (χ0v) is 14.2. The zero-order chi connectivity index (χ0) is 17.2. The number of pyridine rings is 1. The summed E-state index contributed by atoms with van der Waals surface area (Å²) in [6.45, 7) is 1.42. The Balaban J connectivity index is 1.52. The van der Waals surface area contributed by atoms with E-state index >= 15 is 0 Å². The summed E-state index contributed by atoms with van der Waals surface area (Å²) in [5.41, 5.74) is 1.17. The van der Waals surface area contributed by atoms with Crippen molar-refractivity contribution in [3.8, 4) is 11.5 Å². The molecule has 6 nitrogen and oxygen atoms in total. The summed E-state index contributed by atoms with van der Waals surface area (Å²) in [5, 5.41) is 5.57. The van der Waals surface area contributed by atoms with Gasteiger partial charge in [-0.05, 0) is 30.0 Å². The largest absolute Gasteiger partial charge is 0.486 e. The third kappa shape index (κ3) is 3.23. The number of hydrogen-bond acceptors (Lipinski definition) is 5. The first-order chi connectivity index (χ1) is 12.2. The molecule has 0 fully saturated rings. The van der Waals surface area contributed by atoms with Gasteiger partial charge in [0.25, 0.3) is 11.5 Å². The Morgan fingerprint density at radius 2 is 2.00 bits per heavy atom. The van der Waals surface area contributed by atoms with Crippen molar-refractivity contribution in [1.82, 2.24) is 10.3 Å². The highest BCUT2D eigenvalue weighted by Crippen LogP contribution is 2.33. The van der Waals surface area contributed by atoms with E-state index in [0.29, 0.717) is 53.6 Å². The lowest BCUT2D eigenvalue weighted by molar-refractivity contribution is 0.0958. The van der Waals surface area contributed by atoms with Crippen LogP contribution in [0, 0.1) is 0 Å². The Labute approximate surface area is 147 Å². The fraction of sp³-hybridized carbons (Fsp3) is 0.222. The van der Waals surface area contributed by atoms with E-state index < -0.39 is 0 Å². The maximum absolute atomic E-state index is 12.3. The van der Waals surface area contributed by atoms with E-state index in [0.717, 1.165) is 5.39 Å². The van der Waals surface area contributed by atoms with Crippen LogP contribution in [0.4, 0.5) is 0 Å². The molecule has 1 aromatic carbocycles. The van der Waals surface area contributed by atoms with Crippen molar-refractivity contribution in [1.29, 1.82) is 0 Å². The standard InChI is InChI=1S/C18H16N2O4S/c21-17-11(3-4-19-18(22)16-2-1-7-25-16)8-12-9-14-15(10-13(12)20-17)24-6-5-23-14/h1-2,7-10H,3-6H2,(H,19,22)(H,20,21). The van der Waals surface area contributed by atoms with Crippen molar-refractivity contribution in [2.24, 2.45) is 0 Å². The van der Waals surface area contributed by atoms with Gasteiger partial charge in [0, 0.05) is 23.6 Å². The molecule has 0 aliphatic carbocycles. The van der Waals surface area contributed by atoms with Crippen LogP contribution in [0.5, 0.6) is 11.5 Å². The SMILES string of the molecule is O=C(NCCc1cc2cc3c(cc2[nH]c1=O)OCCO3)c1cccs1. The average Bonchev–Trinajstić information content (AvgIpc) is 3.15. The van der Waals surface area contributed by atoms with Crippen LogP contribution in [0.15, 0.2) is 40.5 Å². The molecule has 0 saturated heterocycles. The van der Waals surface area contributed by atoms with Crippen molar-refractivity contribution >= 4 is 28.1 Å². The molecule has 2 N–H and O–H groups in total. The van der Waals surface area contributed by atoms with Crippen LogP contribution in [-0.4, -0.2) is 30.6 Å². The maximum atomic E-state index is 12.3. The number of aromatic amines is 1. The summed E-state index contributed by atoms with van der Waals surface area (Å²) >= 11 is 1.39. The normalized spacial score (nSPS) is 13.0. The minimum absolute atomic E-state index is 0.119. The summed E-state index contributed by atoms with van der Waals surface area (Å²) in [4.78, 5) is 27.7. The summed E-state index contributed by atoms with van der Waals surface area (Å²) in [6, 6.07) is 9.10. The number of benzene rings is 1. The predicted molar refractivity (Wildman–Crippen MR) is 95.9 cm³/mol. The Hall–Kier alpha value is -2.80. The number of amides is 1. The quantitative estimate of drug-likeness (QED) is 0.752. The molecule has 2 aromatic heterocycles. The molecule has 3 aromatic rings. The molecule has 0 atom stereocenters. The molecule has 0 saturated carbocycles. The molecule has 0 bridgehead atoms. The van der Waals surface area contributed by atoms with Gasteiger partial charge in [0.1, 0.15) is 13.2 Å². The fourth-order valence-electron chi connectivity index (χ4n) is 2.78. The molecule has 0 unspecified atom stereocenters. The second-order valence-electron chi connectivity index (χ2n) is 5.69. The molecule has 128 valence electrons. The summed E-state index contributed by atoms with van der Waals surface area (Å²) < 4.78 is 11.1. The van der Waals surface area contributed by atoms with Gasteiger partial charge in [0.15, 0.2) is 11.5 Å². The number of hydrogen-bond donors (Lipinski definition) is 2. The molecular formula is C18H16N2O4S. The summed E-state index contributed by atoms with van der Waals surface area (Å²) in [7, 11) is 0. The first-order valence-electron chi connectivity index (χ1n) is 7.98. The Kier molecular flexibility index (Phi) is 4.15. The van der Waals surface area contributed by atoms with Crippen molar-refractivity contribution < 1.29 is 14.3 Å². The van der Waals surface area contributed by atoms with E-state index in [1.165, 1.54) is 11.3 Å². The van der Waals surface area contributed by atoms with Gasteiger partial charge in [0.2, 0.25) is 0 Å². The van der Waals surface area contributed by atoms with E-state index in [2.05, 4.69) is 10.3 Å². The summed E-state index contributed by atoms with van der Waals surface area (Å²) in [5.74, 6) is 1.21. The molecule has 3 heterocycles. The number of H-pyrrole nitrogens is 1. The van der Waals surface area contributed by atoms with Crippen LogP contribution < -0.4 is 20.3 Å². The van der Waals surface area contributed by atoms with E-state index in [4.69, 9.17) is 9.47 Å². The van der Waals surface area contributed by atoms with Gasteiger partial charge < -0.3 is 19.8 Å². The second-order valence-corrected chi connectivity index (χ2v) is 6.64. The lowest BCUT2D eigenvalue weighted by Crippen LogP contribution is -2.26. The number of nitrogens with one attached hydrogen (secondary N) is 2. The monoisotopic (exact) mass is 356 g/mol. The Morgan fingerprint density at radius 1 is 1.20 bits per heavy atom. The van der Waals surface area contributed by atoms with Gasteiger partial charge in [-0.25, -0.2) is 0 Å². The average molecular weight is 356 g/mol. The van der Waals surface area contributed by atoms with Gasteiger partial charge in [-0.3, -0.25) is 9.59 Å². The number of carbonyl (C=O) groups is 1. The van der Waals surface area contributed by atoms with E-state index in [1.54, 1.807) is 12.1 Å². The van der Waals surface area contributed by atoms with Gasteiger partial charge in [-0.2, -0.15) is 0 Å². The topological polar surface area (TPSA) is 80.4 Å². The van der Waals surface area contributed by atoms with Crippen LogP contribution in [-0.2, 0) is 6.42 Å². The van der Waals surface area contributed by atoms with E-state index in [1.807, 2.05) is 23.6 Å². The lowest BCUT2D eigenvalue weighted by atomic mass is 10.1. The maximum Gasteiger partial charge on any atom is 0.261 e. The highest BCUT2D eigenvalue weighted by Gasteiger charge is 2.14. The van der Waals surface area contributed by atoms with E-state index in [-0.39, 0.29) is 11.5 Å². The molecule has 4 rings (SSSR count). The molecule has 1 aliphatic rings. The minimum atomic E-state index is -0.158. The van der Waals surface area contributed by atoms with Crippen LogP contribution in [0.3, 0.4) is 0 Å². The predicted octanol–water partition coefficient (Wildman–Crippen LogP) is 2.33. The third-order valence-electron chi connectivity index (χ3n) is 4.01. The Morgan fingerprint density at radius 3 is 2.76 bits per heavy atom. The van der Waals surface area contributed by atoms with Crippen molar-refractivity contribution in [2.45, 2.75) is 6.42 Å². The fourth-order valence-corrected chi connectivity index (χ4v) is 3.42. The Bertz CT molecular complexity index is 979. The highest BCUT2D eigenvalue weighted by atomic mass is 32.1. The van der Waals surface area contributed by atoms with Gasteiger partial charge in [0.05, 0.1) is 10.4 Å². The molecule has 7 heteroatoms. The number of ether oxygens (including phenoxy) is 2. The van der Waals surface area contributed by atoms with Crippen molar-refractivity contribution in [3.05, 3.63) is 56.5 Å². The number of rotatable bonds is 4. The molecular weight excluding hydrogens is 340 g/mol. The molecule has 0 radical (unpaired) electrons. The van der Waals surface area contributed by atoms with Gasteiger partial charge in [-0.1, -0.05) is 6.07 Å². The third-order valence-corrected chi connectivity index (χ3v) is 4.88. The van der Waals surface area contributed by atoms with Gasteiger partial charge in [-0.15, -0.1) is 11.3 Å². The molecule has 0 spiro atoms. The number of carbonyl (C=O) groups excluding carboxylic acids is 1. The van der Waals surface area contributed by atoms with Crippen molar-refractivity contribution in [3.63, 3.8) is 0 Å². The number of thiophene rings is 1. The van der Waals surface area contributed by atoms with Gasteiger partial charge >= 0.3 is 0 Å². The molecule has 1 amide bonds. The summed E-state index contributed by atoms with van der Waals surface area (Å²) in [6.07, 6.45) is 0.455. The van der Waals surface area contributed by atoms with Crippen molar-refractivity contribution in [2.75, 3.05) is 19.8 Å². The van der Waals surface area contributed by atoms with Crippen LogP contribution in [0.25, 0.3) is 10.9 Å². The lowest BCUT2D eigenvalue weighted by Gasteiger charge is -2.18. The number of fused-ring (bicyclic) bond motifs is 2. The molecule has 25 heavy (non-hydrogen) atoms. The van der Waals surface area contributed by atoms with Crippen LogP contribution in [0.2, 0.25) is 0 Å². The second kappa shape index (κ2) is 6.60. The van der Waals surface area contributed by atoms with Crippen LogP contribution >= 0.6 is 11.3 Å². The van der Waals surface area contributed by atoms with E-state index in [9.17, 15) is 9.59 Å². The molecule has 1 aliphatic heterocycles. The first kappa shape index (κ1) is 15.7. The smallest absolute Gasteiger partial charge is 0.261 e. The number of aromatic nitrogens is 1. The minimum Gasteiger partial charge on any atom is -0.486 e. The highest BCUT2D eigenvalue weighted by molar-refractivity contribution is 7.12.